The molecule has 7 heteroatoms. The molecule has 3 aromatic rings. The number of carboxylic acids is 1. The van der Waals surface area contributed by atoms with E-state index >= 15 is 0 Å². The minimum Gasteiger partial charge on any atom is -0.481 e. The van der Waals surface area contributed by atoms with Crippen molar-refractivity contribution in [2.24, 2.45) is 0 Å². The molecule has 3 rings (SSSR count). The van der Waals surface area contributed by atoms with Crippen LogP contribution in [0.5, 0.6) is 0 Å². The van der Waals surface area contributed by atoms with Crippen LogP contribution in [0.25, 0.3) is 16.7 Å². The second kappa shape index (κ2) is 3.66. The Labute approximate surface area is 99.7 Å². The summed E-state index contributed by atoms with van der Waals surface area (Å²) in [7, 11) is 0. The van der Waals surface area contributed by atoms with Crippen molar-refractivity contribution in [2.75, 3.05) is 0 Å². The van der Waals surface area contributed by atoms with Gasteiger partial charge in [-0.3, -0.25) is 14.7 Å². The summed E-state index contributed by atoms with van der Waals surface area (Å²) in [5.74, 6) is -0.649. The highest BCUT2D eigenvalue weighted by Gasteiger charge is 2.11. The lowest BCUT2D eigenvalue weighted by Gasteiger charge is -1.95. The standard InChI is InChI=1S/C11H8N4O3/c16-9(17)5-8-13-11-12-7-4-2-1-3-6(7)10(18)15(11)14-8/h1-4H,5H2,(H,16,17)(H,12,13,14). The largest absolute Gasteiger partial charge is 0.481 e. The second-order valence-electron chi connectivity index (χ2n) is 3.81. The average molecular weight is 244 g/mol. The van der Waals surface area contributed by atoms with Gasteiger partial charge in [0.1, 0.15) is 12.2 Å². The third-order valence-electron chi connectivity index (χ3n) is 2.55. The van der Waals surface area contributed by atoms with Gasteiger partial charge in [0.2, 0.25) is 0 Å². The van der Waals surface area contributed by atoms with Gasteiger partial charge in [0.25, 0.3) is 11.3 Å². The number of H-pyrrole nitrogens is 1. The van der Waals surface area contributed by atoms with Gasteiger partial charge in [-0.05, 0) is 12.1 Å². The maximum absolute atomic E-state index is 12.1. The number of aromatic amines is 1. The molecular formula is C11H8N4O3. The Kier molecular flexibility index (Phi) is 2.12. The normalized spacial score (nSPS) is 11.1. The fourth-order valence-corrected chi connectivity index (χ4v) is 1.79. The lowest BCUT2D eigenvalue weighted by Crippen LogP contribution is -2.15. The number of hydrogen-bond donors (Lipinski definition) is 2. The zero-order valence-corrected chi connectivity index (χ0v) is 9.12. The third kappa shape index (κ3) is 1.53. The van der Waals surface area contributed by atoms with Crippen LogP contribution >= 0.6 is 0 Å². The van der Waals surface area contributed by atoms with Crippen molar-refractivity contribution in [3.05, 3.63) is 40.4 Å². The van der Waals surface area contributed by atoms with Crippen molar-refractivity contribution in [1.82, 2.24) is 19.6 Å². The number of nitrogens with zero attached hydrogens (tertiary/aromatic N) is 3. The van der Waals surface area contributed by atoms with Crippen LogP contribution < -0.4 is 5.56 Å². The predicted molar refractivity (Wildman–Crippen MR) is 62.5 cm³/mol. The first-order valence-corrected chi connectivity index (χ1v) is 5.23. The van der Waals surface area contributed by atoms with E-state index in [2.05, 4.69) is 15.1 Å². The Morgan fingerprint density at radius 1 is 1.33 bits per heavy atom. The van der Waals surface area contributed by atoms with Crippen molar-refractivity contribution in [3.8, 4) is 0 Å². The van der Waals surface area contributed by atoms with Crippen LogP contribution in [0.4, 0.5) is 0 Å². The summed E-state index contributed by atoms with van der Waals surface area (Å²) in [5.41, 5.74) is 0.246. The molecule has 0 radical (unpaired) electrons. The Balaban J connectivity index is 2.33. The van der Waals surface area contributed by atoms with E-state index in [9.17, 15) is 9.59 Å². The lowest BCUT2D eigenvalue weighted by molar-refractivity contribution is -0.136. The van der Waals surface area contributed by atoms with Gasteiger partial charge in [0.15, 0.2) is 0 Å². The fraction of sp³-hybridized carbons (Fsp3) is 0.0909. The topological polar surface area (TPSA) is 100 Å². The van der Waals surface area contributed by atoms with Gasteiger partial charge in [-0.2, -0.15) is 9.50 Å². The summed E-state index contributed by atoms with van der Waals surface area (Å²) < 4.78 is 1.15. The zero-order valence-electron chi connectivity index (χ0n) is 9.12. The number of carbonyl (C=O) groups is 1. The first-order valence-electron chi connectivity index (χ1n) is 5.23. The number of hydrogen-bond acceptors (Lipinski definition) is 4. The molecule has 0 aliphatic rings. The molecular weight excluding hydrogens is 236 g/mol. The summed E-state index contributed by atoms with van der Waals surface area (Å²) in [6.07, 6.45) is -0.279. The molecule has 0 saturated carbocycles. The zero-order chi connectivity index (χ0) is 12.7. The molecule has 0 unspecified atom stereocenters. The molecule has 90 valence electrons. The molecule has 2 N–H and O–H groups in total. The summed E-state index contributed by atoms with van der Waals surface area (Å²) in [6.45, 7) is 0. The van der Waals surface area contributed by atoms with E-state index in [4.69, 9.17) is 5.11 Å². The summed E-state index contributed by atoms with van der Waals surface area (Å²) in [5, 5.41) is 11.8. The van der Waals surface area contributed by atoms with Crippen molar-refractivity contribution < 1.29 is 9.90 Å². The number of benzene rings is 1. The number of para-hydroxylation sites is 1. The minimum atomic E-state index is -1.02. The molecule has 18 heavy (non-hydrogen) atoms. The maximum atomic E-state index is 12.1. The smallest absolute Gasteiger partial charge is 0.311 e. The van der Waals surface area contributed by atoms with Crippen LogP contribution in [0.3, 0.4) is 0 Å². The van der Waals surface area contributed by atoms with Gasteiger partial charge in [-0.15, -0.1) is 0 Å². The van der Waals surface area contributed by atoms with Gasteiger partial charge < -0.3 is 5.11 Å². The lowest BCUT2D eigenvalue weighted by atomic mass is 10.2. The summed E-state index contributed by atoms with van der Waals surface area (Å²) >= 11 is 0. The first-order chi connectivity index (χ1) is 8.65. The van der Waals surface area contributed by atoms with E-state index in [1.807, 2.05) is 0 Å². The van der Waals surface area contributed by atoms with E-state index < -0.39 is 5.97 Å². The highest BCUT2D eigenvalue weighted by molar-refractivity contribution is 5.78. The molecule has 0 aliphatic heterocycles. The molecule has 0 fully saturated rings. The number of carboxylic acid groups (broad SMARTS) is 1. The molecule has 0 atom stereocenters. The molecule has 7 nitrogen and oxygen atoms in total. The number of aliphatic carboxylic acids is 1. The maximum Gasteiger partial charge on any atom is 0.311 e. The van der Waals surface area contributed by atoms with Crippen LogP contribution in [0.2, 0.25) is 0 Å². The minimum absolute atomic E-state index is 0.176. The molecule has 0 amide bonds. The first kappa shape index (κ1) is 10.5. The number of aromatic nitrogens is 4. The van der Waals surface area contributed by atoms with E-state index in [-0.39, 0.29) is 23.6 Å². The Hall–Kier alpha value is -2.70. The van der Waals surface area contributed by atoms with E-state index in [1.165, 1.54) is 0 Å². The van der Waals surface area contributed by atoms with Gasteiger partial charge in [-0.25, -0.2) is 4.98 Å². The summed E-state index contributed by atoms with van der Waals surface area (Å²) in [4.78, 5) is 30.9. The van der Waals surface area contributed by atoms with Crippen molar-refractivity contribution in [1.29, 1.82) is 0 Å². The number of rotatable bonds is 2. The van der Waals surface area contributed by atoms with Gasteiger partial charge >= 0.3 is 5.97 Å². The van der Waals surface area contributed by atoms with Crippen molar-refractivity contribution in [2.45, 2.75) is 6.42 Å². The highest BCUT2D eigenvalue weighted by Crippen LogP contribution is 2.07. The Morgan fingerprint density at radius 3 is 2.89 bits per heavy atom. The van der Waals surface area contributed by atoms with Crippen molar-refractivity contribution in [3.63, 3.8) is 0 Å². The monoisotopic (exact) mass is 244 g/mol. The quantitative estimate of drug-likeness (QED) is 0.670. The molecule has 0 bridgehead atoms. The van der Waals surface area contributed by atoms with Gasteiger partial charge in [-0.1, -0.05) is 12.1 Å². The molecule has 0 aliphatic carbocycles. The van der Waals surface area contributed by atoms with Crippen LogP contribution in [0.15, 0.2) is 29.1 Å². The van der Waals surface area contributed by atoms with E-state index in [0.29, 0.717) is 10.9 Å². The van der Waals surface area contributed by atoms with Gasteiger partial charge in [0, 0.05) is 0 Å². The van der Waals surface area contributed by atoms with Gasteiger partial charge in [0.05, 0.1) is 10.9 Å². The predicted octanol–water partition coefficient (Wildman–Crippen LogP) is 0.198. The molecule has 2 heterocycles. The Morgan fingerprint density at radius 2 is 2.11 bits per heavy atom. The molecule has 2 aromatic heterocycles. The van der Waals surface area contributed by atoms with Crippen LogP contribution in [0.1, 0.15) is 5.82 Å². The number of nitrogens with one attached hydrogen (secondary N) is 1. The Bertz CT molecular complexity index is 818. The average Bonchev–Trinajstić information content (AvgIpc) is 2.71. The summed E-state index contributed by atoms with van der Waals surface area (Å²) in [6, 6.07) is 6.89. The van der Waals surface area contributed by atoms with Crippen LogP contribution in [0, 0.1) is 0 Å². The fourth-order valence-electron chi connectivity index (χ4n) is 1.79. The highest BCUT2D eigenvalue weighted by atomic mass is 16.4. The van der Waals surface area contributed by atoms with E-state index in [1.54, 1.807) is 24.3 Å². The second-order valence-corrected chi connectivity index (χ2v) is 3.81. The van der Waals surface area contributed by atoms with Crippen LogP contribution in [-0.4, -0.2) is 30.7 Å². The van der Waals surface area contributed by atoms with Crippen LogP contribution in [-0.2, 0) is 11.2 Å². The number of fused-ring (bicyclic) bond motifs is 2. The molecule has 0 spiro atoms. The molecule has 0 saturated heterocycles. The third-order valence-corrected chi connectivity index (χ3v) is 2.55. The SMILES string of the molecule is O=C(O)Cc1nc2nc3ccccc3c(=O)n2[nH]1. The molecule has 1 aromatic carbocycles. The van der Waals surface area contributed by atoms with E-state index in [0.717, 1.165) is 4.52 Å². The van der Waals surface area contributed by atoms with Crippen molar-refractivity contribution >= 4 is 22.6 Å².